The number of aromatic amines is 1. The molecule has 0 bridgehead atoms. The van der Waals surface area contributed by atoms with Gasteiger partial charge in [-0.05, 0) is 24.5 Å². The lowest BCUT2D eigenvalue weighted by molar-refractivity contribution is -0.146. The van der Waals surface area contributed by atoms with Crippen molar-refractivity contribution in [3.8, 4) is 0 Å². The van der Waals surface area contributed by atoms with Crippen molar-refractivity contribution >= 4 is 22.7 Å². The summed E-state index contributed by atoms with van der Waals surface area (Å²) in [6.45, 7) is 8.87. The summed E-state index contributed by atoms with van der Waals surface area (Å²) in [6.07, 6.45) is 4.08. The minimum absolute atomic E-state index is 0.0172. The summed E-state index contributed by atoms with van der Waals surface area (Å²) in [5.74, 6) is 0.0243. The number of hydrogen-bond donors (Lipinski definition) is 2. The predicted molar refractivity (Wildman–Crippen MR) is 102 cm³/mol. The van der Waals surface area contributed by atoms with E-state index < -0.39 is 6.04 Å². The molecule has 1 aromatic heterocycles. The van der Waals surface area contributed by atoms with E-state index in [2.05, 4.69) is 36.8 Å². The SMILES string of the molecule is C=CC(C)(C)c1[nH]c2ccccc2c1C[C@@H]1NC(=O)[C@@H]2CCCN2C1=O. The van der Waals surface area contributed by atoms with Crippen molar-refractivity contribution in [2.75, 3.05) is 6.54 Å². The maximum absolute atomic E-state index is 12.9. The Hall–Kier alpha value is -2.56. The van der Waals surface area contributed by atoms with Crippen molar-refractivity contribution in [2.24, 2.45) is 0 Å². The summed E-state index contributed by atoms with van der Waals surface area (Å²) in [5.41, 5.74) is 2.92. The average molecular weight is 351 g/mol. The Morgan fingerprint density at radius 3 is 2.85 bits per heavy atom. The minimum Gasteiger partial charge on any atom is -0.357 e. The third-order valence-corrected chi connectivity index (χ3v) is 5.83. The van der Waals surface area contributed by atoms with Crippen LogP contribution < -0.4 is 5.32 Å². The molecule has 5 heteroatoms. The fourth-order valence-electron chi connectivity index (χ4n) is 4.24. The fourth-order valence-corrected chi connectivity index (χ4v) is 4.24. The van der Waals surface area contributed by atoms with E-state index in [1.165, 1.54) is 0 Å². The first-order valence-corrected chi connectivity index (χ1v) is 9.27. The monoisotopic (exact) mass is 351 g/mol. The second kappa shape index (κ2) is 6.01. The molecule has 0 unspecified atom stereocenters. The summed E-state index contributed by atoms with van der Waals surface area (Å²) in [7, 11) is 0. The van der Waals surface area contributed by atoms with Crippen LogP contribution in [0.5, 0.6) is 0 Å². The number of aromatic nitrogens is 1. The quantitative estimate of drug-likeness (QED) is 0.832. The Balaban J connectivity index is 1.75. The maximum Gasteiger partial charge on any atom is 0.246 e. The lowest BCUT2D eigenvalue weighted by Gasteiger charge is -2.35. The zero-order valence-electron chi connectivity index (χ0n) is 15.3. The standard InChI is InChI=1S/C21H25N3O2/c1-4-21(2,3)18-14(13-8-5-6-9-15(13)22-18)12-16-20(26)24-11-7-10-17(24)19(25)23-16/h4-6,8-9,16-17,22H,1,7,10-12H2,2-3H3,(H,23,25)/t16-,17-/m0/s1. The maximum atomic E-state index is 12.9. The highest BCUT2D eigenvalue weighted by molar-refractivity contribution is 5.98. The molecule has 2 atom stereocenters. The van der Waals surface area contributed by atoms with Crippen LogP contribution in [0.2, 0.25) is 0 Å². The van der Waals surface area contributed by atoms with E-state index >= 15 is 0 Å². The number of nitrogens with one attached hydrogen (secondary N) is 2. The van der Waals surface area contributed by atoms with Gasteiger partial charge in [0.05, 0.1) is 0 Å². The molecule has 1 aromatic carbocycles. The lowest BCUT2D eigenvalue weighted by Crippen LogP contribution is -2.61. The Bertz CT molecular complexity index is 896. The molecule has 2 N–H and O–H groups in total. The van der Waals surface area contributed by atoms with Gasteiger partial charge in [-0.15, -0.1) is 6.58 Å². The highest BCUT2D eigenvalue weighted by Gasteiger charge is 2.43. The zero-order valence-corrected chi connectivity index (χ0v) is 15.3. The Kier molecular flexibility index (Phi) is 3.90. The molecule has 0 saturated carbocycles. The van der Waals surface area contributed by atoms with Crippen LogP contribution in [0.3, 0.4) is 0 Å². The molecule has 2 aromatic rings. The van der Waals surface area contributed by atoms with Gasteiger partial charge in [-0.25, -0.2) is 0 Å². The van der Waals surface area contributed by atoms with Crippen LogP contribution in [0.25, 0.3) is 10.9 Å². The number of carbonyl (C=O) groups excluding carboxylic acids is 2. The molecule has 0 radical (unpaired) electrons. The van der Waals surface area contributed by atoms with Gasteiger partial charge in [-0.3, -0.25) is 9.59 Å². The number of amides is 2. The highest BCUT2D eigenvalue weighted by atomic mass is 16.2. The van der Waals surface area contributed by atoms with Gasteiger partial charge in [0.2, 0.25) is 11.8 Å². The van der Waals surface area contributed by atoms with Crippen LogP contribution in [0.15, 0.2) is 36.9 Å². The molecule has 26 heavy (non-hydrogen) atoms. The average Bonchev–Trinajstić information content (AvgIpc) is 3.25. The number of nitrogens with zero attached hydrogens (tertiary/aromatic N) is 1. The lowest BCUT2D eigenvalue weighted by atomic mass is 9.84. The third-order valence-electron chi connectivity index (χ3n) is 5.83. The van der Waals surface area contributed by atoms with Crippen LogP contribution in [0.1, 0.15) is 37.9 Å². The number of carbonyl (C=O) groups is 2. The molecule has 0 aliphatic carbocycles. The molecule has 2 saturated heterocycles. The van der Waals surface area contributed by atoms with Gasteiger partial charge in [-0.1, -0.05) is 38.1 Å². The zero-order chi connectivity index (χ0) is 18.5. The number of para-hydroxylation sites is 1. The normalized spacial score (nSPS) is 23.2. The smallest absolute Gasteiger partial charge is 0.246 e. The highest BCUT2D eigenvalue weighted by Crippen LogP contribution is 2.34. The van der Waals surface area contributed by atoms with Crippen molar-refractivity contribution in [3.63, 3.8) is 0 Å². The molecule has 0 spiro atoms. The van der Waals surface area contributed by atoms with E-state index in [1.54, 1.807) is 4.90 Å². The molecule has 2 amide bonds. The molecular formula is C21H25N3O2. The second-order valence-electron chi connectivity index (χ2n) is 7.90. The van der Waals surface area contributed by atoms with Crippen LogP contribution in [0.4, 0.5) is 0 Å². The summed E-state index contributed by atoms with van der Waals surface area (Å²) in [5, 5.41) is 4.07. The first kappa shape index (κ1) is 16.9. The van der Waals surface area contributed by atoms with Crippen LogP contribution in [-0.4, -0.2) is 40.3 Å². The van der Waals surface area contributed by atoms with Gasteiger partial charge in [-0.2, -0.15) is 0 Å². The van der Waals surface area contributed by atoms with Crippen molar-refractivity contribution in [1.29, 1.82) is 0 Å². The summed E-state index contributed by atoms with van der Waals surface area (Å²) < 4.78 is 0. The number of benzene rings is 1. The van der Waals surface area contributed by atoms with Gasteiger partial charge >= 0.3 is 0 Å². The molecule has 136 valence electrons. The molecule has 5 nitrogen and oxygen atoms in total. The number of fused-ring (bicyclic) bond motifs is 2. The van der Waals surface area contributed by atoms with E-state index in [9.17, 15) is 9.59 Å². The van der Waals surface area contributed by atoms with Crippen molar-refractivity contribution < 1.29 is 9.59 Å². The van der Waals surface area contributed by atoms with Gasteiger partial charge in [0.15, 0.2) is 0 Å². The van der Waals surface area contributed by atoms with Gasteiger partial charge < -0.3 is 15.2 Å². The molecule has 3 heterocycles. The number of rotatable bonds is 4. The first-order chi connectivity index (χ1) is 12.4. The van der Waals surface area contributed by atoms with Gasteiger partial charge in [0, 0.05) is 35.0 Å². The Morgan fingerprint density at radius 2 is 2.08 bits per heavy atom. The van der Waals surface area contributed by atoms with Crippen molar-refractivity contribution in [2.45, 2.75) is 50.6 Å². The van der Waals surface area contributed by atoms with E-state index in [0.29, 0.717) is 13.0 Å². The molecule has 2 fully saturated rings. The molecule has 4 rings (SSSR count). The molecule has 2 aliphatic heterocycles. The number of piperazine rings is 1. The topological polar surface area (TPSA) is 65.2 Å². The van der Waals surface area contributed by atoms with E-state index in [0.717, 1.165) is 35.0 Å². The largest absolute Gasteiger partial charge is 0.357 e. The van der Waals surface area contributed by atoms with Crippen molar-refractivity contribution in [1.82, 2.24) is 15.2 Å². The minimum atomic E-state index is -0.504. The fraction of sp³-hybridized carbons (Fsp3) is 0.429. The number of H-pyrrole nitrogens is 1. The summed E-state index contributed by atoms with van der Waals surface area (Å²) in [6, 6.07) is 7.33. The predicted octanol–water partition coefficient (Wildman–Crippen LogP) is 2.66. The number of allylic oxidation sites excluding steroid dienone is 1. The molecular weight excluding hydrogens is 326 g/mol. The van der Waals surface area contributed by atoms with E-state index in [4.69, 9.17) is 0 Å². The van der Waals surface area contributed by atoms with Crippen LogP contribution in [0, 0.1) is 0 Å². The van der Waals surface area contributed by atoms with Crippen molar-refractivity contribution in [3.05, 3.63) is 48.2 Å². The third kappa shape index (κ3) is 2.54. The Labute approximate surface area is 153 Å². The van der Waals surface area contributed by atoms with Crippen LogP contribution in [-0.2, 0) is 21.4 Å². The van der Waals surface area contributed by atoms with E-state index in [-0.39, 0.29) is 23.3 Å². The summed E-state index contributed by atoms with van der Waals surface area (Å²) >= 11 is 0. The van der Waals surface area contributed by atoms with E-state index in [1.807, 2.05) is 24.3 Å². The second-order valence-corrected chi connectivity index (χ2v) is 7.90. The van der Waals surface area contributed by atoms with Crippen LogP contribution >= 0.6 is 0 Å². The summed E-state index contributed by atoms with van der Waals surface area (Å²) in [4.78, 5) is 30.6. The first-order valence-electron chi connectivity index (χ1n) is 9.27. The molecule has 2 aliphatic rings. The van der Waals surface area contributed by atoms with Gasteiger partial charge in [0.25, 0.3) is 0 Å². The number of hydrogen-bond acceptors (Lipinski definition) is 2. The van der Waals surface area contributed by atoms with Gasteiger partial charge in [0.1, 0.15) is 12.1 Å². The Morgan fingerprint density at radius 1 is 1.31 bits per heavy atom.